The largest absolute Gasteiger partial charge is 0.366 e. The summed E-state index contributed by atoms with van der Waals surface area (Å²) in [6.07, 6.45) is 8.85. The lowest BCUT2D eigenvalue weighted by molar-refractivity contribution is 0.1000. The molecule has 0 bridgehead atoms. The second-order valence-corrected chi connectivity index (χ2v) is 3.86. The minimum Gasteiger partial charge on any atom is -0.366 e. The third kappa shape index (κ3) is 1.52. The highest BCUT2D eigenvalue weighted by atomic mass is 16.1. The van der Waals surface area contributed by atoms with E-state index in [1.807, 2.05) is 24.3 Å². The fraction of sp³-hybridized carbons (Fsp3) is 0.0833. The van der Waals surface area contributed by atoms with Gasteiger partial charge in [-0.1, -0.05) is 18.2 Å². The van der Waals surface area contributed by atoms with E-state index >= 15 is 0 Å². The predicted molar refractivity (Wildman–Crippen MR) is 62.2 cm³/mol. The Kier molecular flexibility index (Phi) is 2.04. The molecule has 0 spiro atoms. The number of carbonyl (C=O) groups is 1. The Labute approximate surface area is 97.6 Å². The maximum atomic E-state index is 11.0. The van der Waals surface area contributed by atoms with Crippen LogP contribution in [-0.2, 0) is 0 Å². The molecule has 2 N–H and O–H groups in total. The monoisotopic (exact) mass is 226 g/mol. The van der Waals surface area contributed by atoms with Crippen molar-refractivity contribution in [3.05, 3.63) is 53.6 Å². The van der Waals surface area contributed by atoms with Gasteiger partial charge in [-0.05, 0) is 11.6 Å². The minimum atomic E-state index is -0.473. The van der Waals surface area contributed by atoms with Gasteiger partial charge in [0.05, 0.1) is 17.5 Å². The van der Waals surface area contributed by atoms with Crippen LogP contribution in [0.2, 0.25) is 0 Å². The fourth-order valence-corrected chi connectivity index (χ4v) is 1.93. The molecule has 2 aromatic heterocycles. The zero-order valence-corrected chi connectivity index (χ0v) is 8.95. The van der Waals surface area contributed by atoms with E-state index in [1.54, 1.807) is 17.1 Å². The van der Waals surface area contributed by atoms with Gasteiger partial charge in [0.15, 0.2) is 0 Å². The minimum absolute atomic E-state index is 0.0562. The van der Waals surface area contributed by atoms with Crippen molar-refractivity contribution in [2.24, 2.45) is 5.73 Å². The molecule has 0 aliphatic heterocycles. The van der Waals surface area contributed by atoms with Gasteiger partial charge >= 0.3 is 0 Å². The van der Waals surface area contributed by atoms with Crippen LogP contribution in [-0.4, -0.2) is 20.7 Å². The van der Waals surface area contributed by atoms with Crippen LogP contribution in [0.5, 0.6) is 0 Å². The predicted octanol–water partition coefficient (Wildman–Crippen LogP) is 0.993. The number of nitrogens with two attached hydrogens (primary N) is 1. The van der Waals surface area contributed by atoms with Gasteiger partial charge in [-0.3, -0.25) is 14.5 Å². The summed E-state index contributed by atoms with van der Waals surface area (Å²) < 4.78 is 1.69. The first-order valence-corrected chi connectivity index (χ1v) is 5.23. The number of nitrogens with zero attached hydrogens (tertiary/aromatic N) is 3. The van der Waals surface area contributed by atoms with E-state index in [4.69, 9.17) is 5.73 Å². The highest BCUT2D eigenvalue weighted by Crippen LogP contribution is 2.28. The average molecular weight is 226 g/mol. The van der Waals surface area contributed by atoms with E-state index in [0.29, 0.717) is 5.56 Å². The molecule has 1 aliphatic carbocycles. The molecule has 1 amide bonds. The molecule has 1 atom stereocenters. The summed E-state index contributed by atoms with van der Waals surface area (Å²) >= 11 is 0. The van der Waals surface area contributed by atoms with Crippen molar-refractivity contribution in [2.75, 3.05) is 0 Å². The summed E-state index contributed by atoms with van der Waals surface area (Å²) in [6, 6.07) is 3.83. The summed E-state index contributed by atoms with van der Waals surface area (Å²) in [7, 11) is 0. The van der Waals surface area contributed by atoms with Crippen LogP contribution in [0.4, 0.5) is 0 Å². The number of pyridine rings is 1. The summed E-state index contributed by atoms with van der Waals surface area (Å²) in [5.74, 6) is -0.473. The molecule has 3 rings (SSSR count). The van der Waals surface area contributed by atoms with Gasteiger partial charge in [0.25, 0.3) is 5.91 Å². The first-order valence-electron chi connectivity index (χ1n) is 5.23. The molecule has 2 heterocycles. The number of aromatic nitrogens is 3. The van der Waals surface area contributed by atoms with Gasteiger partial charge in [-0.15, -0.1) is 0 Å². The second kappa shape index (κ2) is 3.55. The number of allylic oxidation sites excluding steroid dienone is 1. The Morgan fingerprint density at radius 2 is 2.35 bits per heavy atom. The summed E-state index contributed by atoms with van der Waals surface area (Å²) in [5.41, 5.74) is 7.61. The molecule has 0 radical (unpaired) electrons. The lowest BCUT2D eigenvalue weighted by Crippen LogP contribution is -2.11. The maximum absolute atomic E-state index is 11.0. The Morgan fingerprint density at radius 1 is 1.47 bits per heavy atom. The highest BCUT2D eigenvalue weighted by molar-refractivity contribution is 5.92. The van der Waals surface area contributed by atoms with Crippen molar-refractivity contribution in [1.82, 2.24) is 14.8 Å². The molecular formula is C12H10N4O. The van der Waals surface area contributed by atoms with Gasteiger partial charge in [0.2, 0.25) is 0 Å². The zero-order chi connectivity index (χ0) is 11.8. The number of rotatable bonds is 2. The van der Waals surface area contributed by atoms with Crippen molar-refractivity contribution in [1.29, 1.82) is 0 Å². The second-order valence-electron chi connectivity index (χ2n) is 3.86. The van der Waals surface area contributed by atoms with E-state index in [2.05, 4.69) is 10.1 Å². The smallest absolute Gasteiger partial charge is 0.251 e. The van der Waals surface area contributed by atoms with Gasteiger partial charge in [0, 0.05) is 12.4 Å². The summed E-state index contributed by atoms with van der Waals surface area (Å²) in [6.45, 7) is 0. The molecule has 0 aromatic carbocycles. The molecule has 84 valence electrons. The Hall–Kier alpha value is -2.43. The van der Waals surface area contributed by atoms with Crippen molar-refractivity contribution in [3.8, 4) is 0 Å². The quantitative estimate of drug-likeness (QED) is 0.829. The summed E-state index contributed by atoms with van der Waals surface area (Å²) in [4.78, 5) is 15.3. The van der Waals surface area contributed by atoms with E-state index in [1.165, 1.54) is 6.20 Å². The van der Waals surface area contributed by atoms with Gasteiger partial charge in [-0.2, -0.15) is 5.10 Å². The molecular weight excluding hydrogens is 216 g/mol. The summed E-state index contributed by atoms with van der Waals surface area (Å²) in [5, 5.41) is 4.14. The van der Waals surface area contributed by atoms with Crippen LogP contribution in [0, 0.1) is 0 Å². The van der Waals surface area contributed by atoms with Crippen LogP contribution >= 0.6 is 0 Å². The van der Waals surface area contributed by atoms with E-state index in [-0.39, 0.29) is 6.04 Å². The highest BCUT2D eigenvalue weighted by Gasteiger charge is 2.21. The zero-order valence-electron chi connectivity index (χ0n) is 8.95. The third-order valence-electron chi connectivity index (χ3n) is 2.78. The van der Waals surface area contributed by atoms with Gasteiger partial charge < -0.3 is 5.73 Å². The number of hydrogen-bond acceptors (Lipinski definition) is 3. The Morgan fingerprint density at radius 3 is 3.12 bits per heavy atom. The molecule has 1 aliphatic rings. The maximum Gasteiger partial charge on any atom is 0.251 e. The Bertz CT molecular complexity index is 614. The van der Waals surface area contributed by atoms with Crippen LogP contribution < -0.4 is 5.73 Å². The topological polar surface area (TPSA) is 73.8 Å². The normalized spacial score (nSPS) is 17.1. The molecule has 0 saturated carbocycles. The van der Waals surface area contributed by atoms with Crippen LogP contribution in [0.25, 0.3) is 6.08 Å². The molecule has 0 fully saturated rings. The van der Waals surface area contributed by atoms with Crippen LogP contribution in [0.3, 0.4) is 0 Å². The SMILES string of the molecule is NC(=O)c1cnn(C2C=Cc3cccnc32)c1. The first kappa shape index (κ1) is 9.77. The fourth-order valence-electron chi connectivity index (χ4n) is 1.93. The van der Waals surface area contributed by atoms with Crippen molar-refractivity contribution in [2.45, 2.75) is 6.04 Å². The van der Waals surface area contributed by atoms with Crippen molar-refractivity contribution < 1.29 is 4.79 Å². The molecule has 2 aromatic rings. The number of hydrogen-bond donors (Lipinski definition) is 1. The standard InChI is InChI=1S/C12H10N4O/c13-12(17)9-6-15-16(7-9)10-4-3-8-2-1-5-14-11(8)10/h1-7,10H,(H2,13,17). The van der Waals surface area contributed by atoms with E-state index < -0.39 is 5.91 Å². The van der Waals surface area contributed by atoms with Gasteiger partial charge in [-0.25, -0.2) is 0 Å². The van der Waals surface area contributed by atoms with Crippen LogP contribution in [0.15, 0.2) is 36.8 Å². The molecule has 5 nitrogen and oxygen atoms in total. The molecule has 1 unspecified atom stereocenters. The number of primary amides is 1. The molecule has 5 heteroatoms. The van der Waals surface area contributed by atoms with Crippen molar-refractivity contribution >= 4 is 12.0 Å². The third-order valence-corrected chi connectivity index (χ3v) is 2.78. The number of fused-ring (bicyclic) bond motifs is 1. The van der Waals surface area contributed by atoms with Crippen molar-refractivity contribution in [3.63, 3.8) is 0 Å². The Balaban J connectivity index is 2.01. The van der Waals surface area contributed by atoms with Gasteiger partial charge in [0.1, 0.15) is 6.04 Å². The number of carbonyl (C=O) groups excluding carboxylic acids is 1. The average Bonchev–Trinajstić information content (AvgIpc) is 2.95. The lowest BCUT2D eigenvalue weighted by Gasteiger charge is -2.09. The number of amides is 1. The lowest BCUT2D eigenvalue weighted by atomic mass is 10.2. The van der Waals surface area contributed by atoms with E-state index in [0.717, 1.165) is 11.3 Å². The molecule has 17 heavy (non-hydrogen) atoms. The van der Waals surface area contributed by atoms with Crippen LogP contribution in [0.1, 0.15) is 27.7 Å². The first-order chi connectivity index (χ1) is 8.25. The molecule has 0 saturated heterocycles. The van der Waals surface area contributed by atoms with E-state index in [9.17, 15) is 4.79 Å².